The number of para-hydroxylation sites is 1. The zero-order valence-electron chi connectivity index (χ0n) is 12.5. The molecule has 0 aromatic heterocycles. The quantitative estimate of drug-likeness (QED) is 0.854. The molecule has 0 bridgehead atoms. The van der Waals surface area contributed by atoms with Gasteiger partial charge in [0.15, 0.2) is 0 Å². The Balaban J connectivity index is 2.18. The van der Waals surface area contributed by atoms with E-state index in [2.05, 4.69) is 62.2 Å². The second-order valence-electron chi connectivity index (χ2n) is 6.33. The fourth-order valence-electron chi connectivity index (χ4n) is 3.08. The van der Waals surface area contributed by atoms with Gasteiger partial charge >= 0.3 is 0 Å². The maximum absolute atomic E-state index is 9.74. The minimum absolute atomic E-state index is 0.149. The van der Waals surface area contributed by atoms with Crippen LogP contribution in [-0.2, 0) is 6.42 Å². The van der Waals surface area contributed by atoms with Gasteiger partial charge in [0.2, 0.25) is 0 Å². The predicted octanol–water partition coefficient (Wildman–Crippen LogP) is 2.19. The fraction of sp³-hybridized carbons (Fsp3) is 0.625. The molecule has 2 atom stereocenters. The molecule has 0 saturated heterocycles. The van der Waals surface area contributed by atoms with Gasteiger partial charge in [-0.25, -0.2) is 0 Å². The molecular formula is C16H26N2O. The predicted molar refractivity (Wildman–Crippen MR) is 80.7 cm³/mol. The number of hydrogen-bond acceptors (Lipinski definition) is 3. The summed E-state index contributed by atoms with van der Waals surface area (Å²) in [7, 11) is 0. The first kappa shape index (κ1) is 14.4. The minimum Gasteiger partial charge on any atom is -0.394 e. The van der Waals surface area contributed by atoms with Crippen molar-refractivity contribution in [2.24, 2.45) is 0 Å². The van der Waals surface area contributed by atoms with Gasteiger partial charge in [0, 0.05) is 24.3 Å². The number of benzene rings is 1. The van der Waals surface area contributed by atoms with Crippen LogP contribution in [0.4, 0.5) is 5.69 Å². The van der Waals surface area contributed by atoms with Crippen LogP contribution in [0.3, 0.4) is 0 Å². The van der Waals surface area contributed by atoms with Crippen molar-refractivity contribution < 1.29 is 5.11 Å². The van der Waals surface area contributed by atoms with E-state index in [-0.39, 0.29) is 12.1 Å². The van der Waals surface area contributed by atoms with Crippen molar-refractivity contribution in [3.8, 4) is 0 Å². The highest BCUT2D eigenvalue weighted by Gasteiger charge is 2.33. The SMILES string of the molecule is CC(C)NC(C)(CO)CN1c2ccccc2CC1C. The Kier molecular flexibility index (Phi) is 4.16. The molecule has 0 amide bonds. The van der Waals surface area contributed by atoms with Crippen molar-refractivity contribution in [1.29, 1.82) is 0 Å². The van der Waals surface area contributed by atoms with E-state index in [4.69, 9.17) is 0 Å². The lowest BCUT2D eigenvalue weighted by molar-refractivity contribution is 0.167. The maximum Gasteiger partial charge on any atom is 0.0628 e. The van der Waals surface area contributed by atoms with Gasteiger partial charge in [0.1, 0.15) is 0 Å². The highest BCUT2D eigenvalue weighted by molar-refractivity contribution is 5.59. The first-order valence-corrected chi connectivity index (χ1v) is 7.18. The van der Waals surface area contributed by atoms with Crippen molar-refractivity contribution in [2.75, 3.05) is 18.1 Å². The van der Waals surface area contributed by atoms with Gasteiger partial charge in [0.25, 0.3) is 0 Å². The molecule has 3 heteroatoms. The Hall–Kier alpha value is -1.06. The smallest absolute Gasteiger partial charge is 0.0628 e. The van der Waals surface area contributed by atoms with Gasteiger partial charge in [-0.2, -0.15) is 0 Å². The number of hydrogen-bond donors (Lipinski definition) is 2. The molecule has 0 radical (unpaired) electrons. The summed E-state index contributed by atoms with van der Waals surface area (Å²) in [5.74, 6) is 0. The Morgan fingerprint density at radius 1 is 1.42 bits per heavy atom. The molecule has 2 unspecified atom stereocenters. The van der Waals surface area contributed by atoms with Crippen LogP contribution < -0.4 is 10.2 Å². The van der Waals surface area contributed by atoms with E-state index in [1.165, 1.54) is 11.3 Å². The van der Waals surface area contributed by atoms with Crippen LogP contribution in [0.25, 0.3) is 0 Å². The van der Waals surface area contributed by atoms with Crippen LogP contribution in [0.15, 0.2) is 24.3 Å². The average Bonchev–Trinajstić information content (AvgIpc) is 2.65. The van der Waals surface area contributed by atoms with Crippen molar-refractivity contribution in [2.45, 2.75) is 51.7 Å². The molecule has 1 aliphatic rings. The van der Waals surface area contributed by atoms with E-state index in [1.807, 2.05) is 0 Å². The lowest BCUT2D eigenvalue weighted by atomic mass is 10.0. The second kappa shape index (κ2) is 5.51. The summed E-state index contributed by atoms with van der Waals surface area (Å²) < 4.78 is 0. The highest BCUT2D eigenvalue weighted by atomic mass is 16.3. The monoisotopic (exact) mass is 262 g/mol. The third kappa shape index (κ3) is 3.10. The molecule has 1 aromatic rings. The van der Waals surface area contributed by atoms with Crippen molar-refractivity contribution >= 4 is 5.69 Å². The Labute approximate surface area is 116 Å². The van der Waals surface area contributed by atoms with Crippen LogP contribution in [0.2, 0.25) is 0 Å². The van der Waals surface area contributed by atoms with E-state index in [1.54, 1.807) is 0 Å². The molecule has 1 heterocycles. The third-order valence-corrected chi connectivity index (χ3v) is 3.85. The van der Waals surface area contributed by atoms with Crippen LogP contribution in [0, 0.1) is 0 Å². The number of nitrogens with zero attached hydrogens (tertiary/aromatic N) is 1. The summed E-state index contributed by atoms with van der Waals surface area (Å²) in [5.41, 5.74) is 2.47. The van der Waals surface area contributed by atoms with Gasteiger partial charge < -0.3 is 15.3 Å². The van der Waals surface area contributed by atoms with E-state index >= 15 is 0 Å². The molecular weight excluding hydrogens is 236 g/mol. The van der Waals surface area contributed by atoms with Gasteiger partial charge in [-0.3, -0.25) is 0 Å². The van der Waals surface area contributed by atoms with Gasteiger partial charge in [-0.05, 0) is 31.9 Å². The molecule has 1 aromatic carbocycles. The minimum atomic E-state index is -0.264. The van der Waals surface area contributed by atoms with Crippen molar-refractivity contribution in [3.05, 3.63) is 29.8 Å². The molecule has 0 aliphatic carbocycles. The zero-order valence-corrected chi connectivity index (χ0v) is 12.5. The van der Waals surface area contributed by atoms with E-state index in [9.17, 15) is 5.11 Å². The summed E-state index contributed by atoms with van der Waals surface area (Å²) in [4.78, 5) is 2.42. The van der Waals surface area contributed by atoms with E-state index < -0.39 is 0 Å². The average molecular weight is 262 g/mol. The van der Waals surface area contributed by atoms with E-state index in [0.717, 1.165) is 13.0 Å². The van der Waals surface area contributed by atoms with Gasteiger partial charge in [-0.1, -0.05) is 32.0 Å². The molecule has 0 spiro atoms. The molecule has 19 heavy (non-hydrogen) atoms. The third-order valence-electron chi connectivity index (χ3n) is 3.85. The molecule has 1 aliphatic heterocycles. The first-order valence-electron chi connectivity index (χ1n) is 7.18. The zero-order chi connectivity index (χ0) is 14.0. The molecule has 106 valence electrons. The highest BCUT2D eigenvalue weighted by Crippen LogP contribution is 2.32. The standard InChI is InChI=1S/C16H26N2O/c1-12(2)17-16(4,11-19)10-18-13(3)9-14-7-5-6-8-15(14)18/h5-8,12-13,17,19H,9-11H2,1-4H3. The van der Waals surface area contributed by atoms with Gasteiger partial charge in [-0.15, -0.1) is 0 Å². The maximum atomic E-state index is 9.74. The summed E-state index contributed by atoms with van der Waals surface area (Å²) in [6.07, 6.45) is 1.10. The number of anilines is 1. The molecule has 3 nitrogen and oxygen atoms in total. The summed E-state index contributed by atoms with van der Waals surface area (Å²) >= 11 is 0. The largest absolute Gasteiger partial charge is 0.394 e. The lowest BCUT2D eigenvalue weighted by Gasteiger charge is -2.38. The van der Waals surface area contributed by atoms with Crippen LogP contribution >= 0.6 is 0 Å². The van der Waals surface area contributed by atoms with Crippen LogP contribution in [0.1, 0.15) is 33.3 Å². The number of fused-ring (bicyclic) bond motifs is 1. The number of rotatable bonds is 5. The summed E-state index contributed by atoms with van der Waals surface area (Å²) in [6, 6.07) is 9.45. The Morgan fingerprint density at radius 2 is 2.11 bits per heavy atom. The Bertz CT molecular complexity index is 433. The Morgan fingerprint density at radius 3 is 2.74 bits per heavy atom. The number of aliphatic hydroxyl groups is 1. The second-order valence-corrected chi connectivity index (χ2v) is 6.33. The summed E-state index contributed by atoms with van der Waals surface area (Å²) in [5, 5.41) is 13.2. The normalized spacial score (nSPS) is 21.6. The molecule has 0 fully saturated rings. The van der Waals surface area contributed by atoms with Crippen LogP contribution in [0.5, 0.6) is 0 Å². The lowest BCUT2D eigenvalue weighted by Crippen LogP contribution is -2.57. The van der Waals surface area contributed by atoms with Crippen LogP contribution in [-0.4, -0.2) is 35.9 Å². The summed E-state index contributed by atoms with van der Waals surface area (Å²) in [6.45, 7) is 9.58. The van der Waals surface area contributed by atoms with Crippen molar-refractivity contribution in [1.82, 2.24) is 5.32 Å². The fourth-order valence-corrected chi connectivity index (χ4v) is 3.08. The number of aliphatic hydroxyl groups excluding tert-OH is 1. The van der Waals surface area contributed by atoms with Crippen molar-refractivity contribution in [3.63, 3.8) is 0 Å². The van der Waals surface area contributed by atoms with E-state index in [0.29, 0.717) is 12.1 Å². The topological polar surface area (TPSA) is 35.5 Å². The molecule has 2 N–H and O–H groups in total. The first-order chi connectivity index (χ1) is 8.95. The van der Waals surface area contributed by atoms with Gasteiger partial charge in [0.05, 0.1) is 12.1 Å². The number of nitrogens with one attached hydrogen (secondary N) is 1. The molecule has 2 rings (SSSR count). The molecule has 0 saturated carbocycles.